The van der Waals surface area contributed by atoms with E-state index in [2.05, 4.69) is 9.88 Å². The molecule has 4 rings (SSSR count). The third-order valence-electron chi connectivity index (χ3n) is 5.97. The van der Waals surface area contributed by atoms with Crippen LogP contribution in [0.5, 0.6) is 5.75 Å². The summed E-state index contributed by atoms with van der Waals surface area (Å²) in [6.07, 6.45) is -2.51. The highest BCUT2D eigenvalue weighted by Gasteiger charge is 2.36. The Morgan fingerprint density at radius 3 is 2.61 bits per heavy atom. The number of aromatic nitrogens is 1. The third kappa shape index (κ3) is 5.10. The minimum atomic E-state index is -4.30. The summed E-state index contributed by atoms with van der Waals surface area (Å²) in [5, 5.41) is 10.6. The van der Waals surface area contributed by atoms with Crippen LogP contribution in [0, 0.1) is 0 Å². The molecule has 0 saturated carbocycles. The Bertz CT molecular complexity index is 1150. The van der Waals surface area contributed by atoms with Gasteiger partial charge in [-0.3, -0.25) is 9.80 Å². The summed E-state index contributed by atoms with van der Waals surface area (Å²) in [6.45, 7) is 0.267. The van der Waals surface area contributed by atoms with Crippen molar-refractivity contribution in [1.82, 2.24) is 14.8 Å². The Morgan fingerprint density at radius 1 is 1.24 bits per heavy atom. The topological polar surface area (TPSA) is 68.8 Å². The number of benzene rings is 2. The highest BCUT2D eigenvalue weighted by molar-refractivity contribution is 6.35. The van der Waals surface area contributed by atoms with Crippen molar-refractivity contribution in [2.45, 2.75) is 18.8 Å². The number of aromatic carboxylic acids is 1. The van der Waals surface area contributed by atoms with E-state index in [0.29, 0.717) is 23.9 Å². The number of carbonyl (C=O) groups is 1. The number of nitrogens with one attached hydrogen (secondary N) is 1. The summed E-state index contributed by atoms with van der Waals surface area (Å²) in [5.74, 6) is -0.453. The fourth-order valence-corrected chi connectivity index (χ4v) is 4.66. The molecule has 0 aliphatic carbocycles. The van der Waals surface area contributed by atoms with E-state index < -0.39 is 18.7 Å². The van der Waals surface area contributed by atoms with Gasteiger partial charge in [0, 0.05) is 55.4 Å². The SMILES string of the molecule is COc1cc(Cl)c2[nH]ccc2c1CN1CCN(CC(F)(F)F)C[C@H]1c1ccc(C(=O)O)cc1. The van der Waals surface area contributed by atoms with E-state index in [1.807, 2.05) is 6.07 Å². The molecule has 2 N–H and O–H groups in total. The zero-order valence-corrected chi connectivity index (χ0v) is 18.6. The molecule has 0 amide bonds. The van der Waals surface area contributed by atoms with Crippen molar-refractivity contribution in [3.8, 4) is 5.75 Å². The van der Waals surface area contributed by atoms with Gasteiger partial charge in [-0.2, -0.15) is 13.2 Å². The molecule has 1 atom stereocenters. The van der Waals surface area contributed by atoms with Gasteiger partial charge in [0.05, 0.1) is 29.8 Å². The minimum Gasteiger partial charge on any atom is -0.496 e. The van der Waals surface area contributed by atoms with Crippen LogP contribution in [0.25, 0.3) is 10.9 Å². The zero-order valence-electron chi connectivity index (χ0n) is 17.8. The molecule has 0 unspecified atom stereocenters. The molecule has 33 heavy (non-hydrogen) atoms. The highest BCUT2D eigenvalue weighted by Crippen LogP contribution is 2.37. The second kappa shape index (κ2) is 9.24. The normalized spacial score (nSPS) is 18.0. The van der Waals surface area contributed by atoms with E-state index >= 15 is 0 Å². The lowest BCUT2D eigenvalue weighted by Crippen LogP contribution is -2.50. The molecular weight excluding hydrogens is 459 g/mol. The molecule has 176 valence electrons. The number of piperazine rings is 1. The minimum absolute atomic E-state index is 0.127. The van der Waals surface area contributed by atoms with Crippen molar-refractivity contribution in [3.63, 3.8) is 0 Å². The Hall–Kier alpha value is -2.75. The summed E-state index contributed by atoms with van der Waals surface area (Å²) in [7, 11) is 1.55. The number of hydrogen-bond donors (Lipinski definition) is 2. The van der Waals surface area contributed by atoms with Gasteiger partial charge in [0.1, 0.15) is 5.75 Å². The summed E-state index contributed by atoms with van der Waals surface area (Å²) < 4.78 is 44.8. The number of nitrogens with zero attached hydrogens (tertiary/aromatic N) is 2. The van der Waals surface area contributed by atoms with Crippen LogP contribution in [0.1, 0.15) is 27.5 Å². The zero-order chi connectivity index (χ0) is 23.8. The smallest absolute Gasteiger partial charge is 0.401 e. The van der Waals surface area contributed by atoms with Crippen LogP contribution in [0.3, 0.4) is 0 Å². The third-order valence-corrected chi connectivity index (χ3v) is 6.27. The second-order valence-corrected chi connectivity index (χ2v) is 8.48. The van der Waals surface area contributed by atoms with E-state index in [-0.39, 0.29) is 24.7 Å². The van der Waals surface area contributed by atoms with Crippen molar-refractivity contribution in [2.24, 2.45) is 0 Å². The molecule has 0 radical (unpaired) electrons. The Morgan fingerprint density at radius 2 is 1.97 bits per heavy atom. The number of alkyl halides is 3. The molecule has 1 aromatic heterocycles. The van der Waals surface area contributed by atoms with Crippen LogP contribution in [-0.2, 0) is 6.54 Å². The monoisotopic (exact) mass is 481 g/mol. The van der Waals surface area contributed by atoms with E-state index in [1.165, 1.54) is 17.0 Å². The summed E-state index contributed by atoms with van der Waals surface area (Å²) in [4.78, 5) is 17.8. The lowest BCUT2D eigenvalue weighted by Gasteiger charge is -2.42. The van der Waals surface area contributed by atoms with Crippen molar-refractivity contribution in [1.29, 1.82) is 0 Å². The fourth-order valence-electron chi connectivity index (χ4n) is 4.40. The molecule has 0 spiro atoms. The standard InChI is InChI=1S/C23H23ClF3N3O3/c1-33-20-10-18(24)21-16(6-7-28-21)17(20)11-30-9-8-29(13-23(25,26)27)12-19(30)14-2-4-15(5-3-14)22(31)32/h2-7,10,19,28H,8-9,11-13H2,1H3,(H,31,32)/t19-/m0/s1. The van der Waals surface area contributed by atoms with Gasteiger partial charge in [0.2, 0.25) is 0 Å². The first-order valence-electron chi connectivity index (χ1n) is 10.3. The summed E-state index contributed by atoms with van der Waals surface area (Å²) in [6, 6.07) is 9.56. The van der Waals surface area contributed by atoms with Crippen molar-refractivity contribution < 1.29 is 27.8 Å². The van der Waals surface area contributed by atoms with Gasteiger partial charge in [-0.25, -0.2) is 4.79 Å². The number of hydrogen-bond acceptors (Lipinski definition) is 4. The van der Waals surface area contributed by atoms with Gasteiger partial charge in [-0.05, 0) is 23.8 Å². The van der Waals surface area contributed by atoms with Gasteiger partial charge in [0.25, 0.3) is 0 Å². The van der Waals surface area contributed by atoms with Crippen LogP contribution in [0.2, 0.25) is 5.02 Å². The maximum atomic E-state index is 13.1. The van der Waals surface area contributed by atoms with Gasteiger partial charge in [0.15, 0.2) is 0 Å². The second-order valence-electron chi connectivity index (χ2n) is 8.07. The number of H-pyrrole nitrogens is 1. The molecule has 6 nitrogen and oxygen atoms in total. The van der Waals surface area contributed by atoms with Crippen LogP contribution < -0.4 is 4.74 Å². The van der Waals surface area contributed by atoms with Crippen LogP contribution in [-0.4, -0.2) is 65.3 Å². The quantitative estimate of drug-likeness (QED) is 0.521. The number of aromatic amines is 1. The Balaban J connectivity index is 1.68. The molecular formula is C23H23ClF3N3O3. The van der Waals surface area contributed by atoms with E-state index in [0.717, 1.165) is 22.0 Å². The lowest BCUT2D eigenvalue weighted by molar-refractivity contribution is -0.152. The maximum Gasteiger partial charge on any atom is 0.401 e. The number of methoxy groups -OCH3 is 1. The van der Waals surface area contributed by atoms with Crippen molar-refractivity contribution in [3.05, 3.63) is 64.3 Å². The first kappa shape index (κ1) is 23.4. The predicted octanol–water partition coefficient (Wildman–Crippen LogP) is 4.95. The average Bonchev–Trinajstić information content (AvgIpc) is 3.26. The van der Waals surface area contributed by atoms with Gasteiger partial charge >= 0.3 is 12.1 Å². The van der Waals surface area contributed by atoms with Crippen molar-refractivity contribution >= 4 is 28.5 Å². The Labute approximate surface area is 193 Å². The van der Waals surface area contributed by atoms with E-state index in [9.17, 15) is 23.1 Å². The van der Waals surface area contributed by atoms with Gasteiger partial charge in [-0.1, -0.05) is 23.7 Å². The lowest BCUT2D eigenvalue weighted by atomic mass is 9.99. The van der Waals surface area contributed by atoms with Gasteiger partial charge in [-0.15, -0.1) is 0 Å². The van der Waals surface area contributed by atoms with Crippen molar-refractivity contribution in [2.75, 3.05) is 33.3 Å². The molecule has 2 aromatic carbocycles. The van der Waals surface area contributed by atoms with E-state index in [4.69, 9.17) is 16.3 Å². The Kier molecular flexibility index (Phi) is 6.56. The molecule has 0 bridgehead atoms. The maximum absolute atomic E-state index is 13.1. The fraction of sp³-hybridized carbons (Fsp3) is 0.348. The molecule has 10 heteroatoms. The number of fused-ring (bicyclic) bond motifs is 1. The number of ether oxygens (including phenoxy) is 1. The molecule has 1 aliphatic rings. The van der Waals surface area contributed by atoms with Crippen LogP contribution in [0.4, 0.5) is 13.2 Å². The summed E-state index contributed by atoms with van der Waals surface area (Å²) >= 11 is 6.36. The number of carboxylic acid groups (broad SMARTS) is 1. The molecule has 1 saturated heterocycles. The average molecular weight is 482 g/mol. The first-order valence-corrected chi connectivity index (χ1v) is 10.7. The highest BCUT2D eigenvalue weighted by atomic mass is 35.5. The molecule has 3 aromatic rings. The first-order chi connectivity index (χ1) is 15.7. The largest absolute Gasteiger partial charge is 0.496 e. The molecule has 1 fully saturated rings. The predicted molar refractivity (Wildman–Crippen MR) is 119 cm³/mol. The summed E-state index contributed by atoms with van der Waals surface area (Å²) in [5.41, 5.74) is 2.53. The molecule has 1 aliphatic heterocycles. The van der Waals surface area contributed by atoms with E-state index in [1.54, 1.807) is 31.5 Å². The number of carboxylic acids is 1. The number of halogens is 4. The van der Waals surface area contributed by atoms with Gasteiger partial charge < -0.3 is 14.8 Å². The molecule has 2 heterocycles. The van der Waals surface area contributed by atoms with Crippen LogP contribution >= 0.6 is 11.6 Å². The number of rotatable bonds is 6. The van der Waals surface area contributed by atoms with Crippen LogP contribution in [0.15, 0.2) is 42.6 Å².